The van der Waals surface area contributed by atoms with Gasteiger partial charge in [0.1, 0.15) is 0 Å². The van der Waals surface area contributed by atoms with E-state index in [4.69, 9.17) is 0 Å². The van der Waals surface area contributed by atoms with Gasteiger partial charge in [0, 0.05) is 6.54 Å². The zero-order chi connectivity index (χ0) is 23.6. The van der Waals surface area contributed by atoms with Crippen LogP contribution in [0.25, 0.3) is 6.08 Å². The fourth-order valence-electron chi connectivity index (χ4n) is 3.22. The van der Waals surface area contributed by atoms with Crippen LogP contribution in [0.5, 0.6) is 0 Å². The summed E-state index contributed by atoms with van der Waals surface area (Å²) >= 11 is 0. The van der Waals surface area contributed by atoms with Crippen molar-refractivity contribution < 1.29 is 23.2 Å². The normalized spacial score (nSPS) is 14.2. The zero-order valence-electron chi connectivity index (χ0n) is 18.9. The molecule has 0 aliphatic carbocycles. The van der Waals surface area contributed by atoms with Crippen molar-refractivity contribution in [2.24, 2.45) is 23.7 Å². The van der Waals surface area contributed by atoms with Crippen LogP contribution >= 0.6 is 0 Å². The first kappa shape index (κ1) is 26.8. The van der Waals surface area contributed by atoms with Gasteiger partial charge in [0.2, 0.25) is 21.8 Å². The van der Waals surface area contributed by atoms with Crippen molar-refractivity contribution in [3.05, 3.63) is 42.0 Å². The number of sulfonamides is 1. The molecule has 0 saturated carbocycles. The highest BCUT2D eigenvalue weighted by atomic mass is 32.2. The van der Waals surface area contributed by atoms with Gasteiger partial charge in [-0.25, -0.2) is 13.9 Å². The second-order valence-corrected chi connectivity index (χ2v) is 10.4. The van der Waals surface area contributed by atoms with E-state index in [0.29, 0.717) is 6.42 Å². The first-order chi connectivity index (χ1) is 14.5. The molecule has 174 valence electrons. The van der Waals surface area contributed by atoms with Gasteiger partial charge in [-0.2, -0.15) is 0 Å². The van der Waals surface area contributed by atoms with Crippen molar-refractivity contribution in [3.63, 3.8) is 0 Å². The minimum absolute atomic E-state index is 0.0103. The maximum Gasteiger partial charge on any atom is 0.247 e. The van der Waals surface area contributed by atoms with Crippen molar-refractivity contribution >= 4 is 27.9 Å². The first-order valence-electron chi connectivity index (χ1n) is 10.4. The third kappa shape index (κ3) is 9.63. The monoisotopic (exact) mass is 453 g/mol. The molecule has 1 aromatic rings. The average molecular weight is 454 g/mol. The van der Waals surface area contributed by atoms with E-state index in [1.54, 1.807) is 11.6 Å². The van der Waals surface area contributed by atoms with Crippen molar-refractivity contribution in [2.45, 2.75) is 40.5 Å². The smallest absolute Gasteiger partial charge is 0.247 e. The molecule has 2 atom stereocenters. The number of benzene rings is 1. The predicted molar refractivity (Wildman–Crippen MR) is 121 cm³/mol. The molecule has 3 N–H and O–H groups in total. The second kappa shape index (κ2) is 12.6. The van der Waals surface area contributed by atoms with Gasteiger partial charge in [0.05, 0.1) is 18.1 Å². The summed E-state index contributed by atoms with van der Waals surface area (Å²) in [6.07, 6.45) is 5.19. The summed E-state index contributed by atoms with van der Waals surface area (Å²) in [5, 5.41) is 9.25. The molecule has 0 aromatic heterocycles. The predicted octanol–water partition coefficient (Wildman–Crippen LogP) is 2.82. The number of rotatable bonds is 12. The van der Waals surface area contributed by atoms with Crippen LogP contribution in [0.1, 0.15) is 46.1 Å². The van der Waals surface area contributed by atoms with E-state index < -0.39 is 33.7 Å². The largest absolute Gasteiger partial charge is 0.289 e. The van der Waals surface area contributed by atoms with E-state index in [1.807, 2.05) is 64.1 Å². The molecule has 0 fully saturated rings. The fourth-order valence-corrected chi connectivity index (χ4v) is 4.04. The molecule has 0 radical (unpaired) electrons. The number of hydrogen-bond donors (Lipinski definition) is 3. The van der Waals surface area contributed by atoms with Crippen LogP contribution in [0.3, 0.4) is 0 Å². The fraction of sp³-hybridized carbons (Fsp3) is 0.545. The Morgan fingerprint density at radius 3 is 2.13 bits per heavy atom. The van der Waals surface area contributed by atoms with Crippen LogP contribution in [0.4, 0.5) is 0 Å². The van der Waals surface area contributed by atoms with Crippen molar-refractivity contribution in [1.82, 2.24) is 15.3 Å². The van der Waals surface area contributed by atoms with Crippen molar-refractivity contribution in [2.75, 3.05) is 12.8 Å². The van der Waals surface area contributed by atoms with E-state index in [0.717, 1.165) is 16.2 Å². The van der Waals surface area contributed by atoms with E-state index in [-0.39, 0.29) is 24.8 Å². The summed E-state index contributed by atoms with van der Waals surface area (Å²) in [6.45, 7) is 7.62. The topological polar surface area (TPSA) is 116 Å². The summed E-state index contributed by atoms with van der Waals surface area (Å²) < 4.78 is 25.2. The Bertz CT molecular complexity index is 838. The quantitative estimate of drug-likeness (QED) is 0.332. The number of carbonyl (C=O) groups excluding carboxylic acids is 2. The zero-order valence-corrected chi connectivity index (χ0v) is 19.7. The molecule has 0 aliphatic heterocycles. The summed E-state index contributed by atoms with van der Waals surface area (Å²) in [6, 6.07) is 9.49. The molecule has 0 spiro atoms. The first-order valence-corrected chi connectivity index (χ1v) is 12.2. The average Bonchev–Trinajstić information content (AvgIpc) is 2.68. The third-order valence-corrected chi connectivity index (χ3v) is 5.70. The maximum absolute atomic E-state index is 13.1. The molecule has 0 saturated heterocycles. The van der Waals surface area contributed by atoms with Gasteiger partial charge in [-0.15, -0.1) is 4.41 Å². The van der Waals surface area contributed by atoms with E-state index in [1.165, 1.54) is 0 Å². The van der Waals surface area contributed by atoms with Crippen LogP contribution < -0.4 is 10.9 Å². The molecular weight excluding hydrogens is 418 g/mol. The lowest BCUT2D eigenvalue weighted by atomic mass is 9.82. The van der Waals surface area contributed by atoms with Gasteiger partial charge in [-0.3, -0.25) is 20.2 Å². The number of nitrogens with one attached hydrogen (secondary N) is 2. The molecule has 9 heteroatoms. The number of carbonyl (C=O) groups is 2. The highest BCUT2D eigenvalue weighted by Crippen LogP contribution is 2.26. The van der Waals surface area contributed by atoms with E-state index in [9.17, 15) is 23.2 Å². The highest BCUT2D eigenvalue weighted by molar-refractivity contribution is 7.88. The van der Waals surface area contributed by atoms with Crippen LogP contribution in [0, 0.1) is 23.7 Å². The van der Waals surface area contributed by atoms with Gasteiger partial charge in [-0.05, 0) is 30.2 Å². The Hall–Kier alpha value is -2.23. The molecule has 0 bridgehead atoms. The lowest BCUT2D eigenvalue weighted by Crippen LogP contribution is -2.51. The minimum atomic E-state index is -3.68. The van der Waals surface area contributed by atoms with Gasteiger partial charge >= 0.3 is 0 Å². The molecule has 8 nitrogen and oxygen atoms in total. The molecule has 1 aromatic carbocycles. The Kier molecular flexibility index (Phi) is 10.9. The van der Waals surface area contributed by atoms with Gasteiger partial charge in [0.25, 0.3) is 0 Å². The van der Waals surface area contributed by atoms with Crippen LogP contribution in [-0.2, 0) is 19.6 Å². The molecular formula is C22H35N3O5S. The molecule has 0 aliphatic rings. The number of nitrogens with zero attached hydrogens (tertiary/aromatic N) is 1. The lowest BCUT2D eigenvalue weighted by molar-refractivity contribution is -0.141. The van der Waals surface area contributed by atoms with E-state index in [2.05, 4.69) is 5.43 Å². The Labute approximate surface area is 185 Å². The minimum Gasteiger partial charge on any atom is -0.289 e. The van der Waals surface area contributed by atoms with Crippen LogP contribution in [0.2, 0.25) is 0 Å². The number of allylic oxidation sites excluding steroid dienone is 1. The summed E-state index contributed by atoms with van der Waals surface area (Å²) in [7, 11) is -3.68. The molecule has 2 amide bonds. The van der Waals surface area contributed by atoms with Crippen LogP contribution in [-0.4, -0.2) is 42.7 Å². The number of hydroxylamine groups is 1. The lowest BCUT2D eigenvalue weighted by Gasteiger charge is -2.29. The third-order valence-electron chi connectivity index (χ3n) is 4.66. The Morgan fingerprint density at radius 1 is 1.03 bits per heavy atom. The maximum atomic E-state index is 13.1. The van der Waals surface area contributed by atoms with E-state index >= 15 is 0 Å². The molecule has 0 heterocycles. The highest BCUT2D eigenvalue weighted by Gasteiger charge is 2.35. The van der Waals surface area contributed by atoms with Gasteiger partial charge in [0.15, 0.2) is 0 Å². The SMILES string of the molecule is CC(C)C[C@@H](C(=O)NN(CC(C)C)S(C)(=O)=O)C(C/C=C/c1ccccc1)C(=O)NO. The van der Waals surface area contributed by atoms with Crippen molar-refractivity contribution in [1.29, 1.82) is 0 Å². The van der Waals surface area contributed by atoms with Gasteiger partial charge < -0.3 is 0 Å². The summed E-state index contributed by atoms with van der Waals surface area (Å²) in [5.41, 5.74) is 5.08. The number of hydrazine groups is 1. The van der Waals surface area contributed by atoms with Gasteiger partial charge in [-0.1, -0.05) is 70.2 Å². The summed E-state index contributed by atoms with van der Waals surface area (Å²) in [4.78, 5) is 25.5. The molecule has 1 unspecified atom stereocenters. The molecule has 1 rings (SSSR count). The summed E-state index contributed by atoms with van der Waals surface area (Å²) in [5.74, 6) is -2.89. The molecule has 31 heavy (non-hydrogen) atoms. The Balaban J connectivity index is 3.14. The van der Waals surface area contributed by atoms with Crippen molar-refractivity contribution in [3.8, 4) is 0 Å². The number of amides is 2. The Morgan fingerprint density at radius 2 is 1.65 bits per heavy atom. The second-order valence-electron chi connectivity index (χ2n) is 8.53. The van der Waals surface area contributed by atoms with Crippen LogP contribution in [0.15, 0.2) is 36.4 Å². The number of hydrogen-bond acceptors (Lipinski definition) is 5. The standard InChI is InChI=1S/C22H35N3O5S/c1-16(2)14-20(21(26)23-25(15-17(3)4)31(5,29)30)19(22(27)24-28)13-9-12-18-10-7-6-8-11-18/h6-12,16-17,19-20,28H,13-15H2,1-5H3,(H,23,26)(H,24,27)/b12-9+/t19?,20-/m1/s1.